The van der Waals surface area contributed by atoms with E-state index in [1.807, 2.05) is 30.3 Å². The molecule has 0 saturated carbocycles. The predicted octanol–water partition coefficient (Wildman–Crippen LogP) is 3.90. The van der Waals surface area contributed by atoms with E-state index in [1.54, 1.807) is 25.1 Å². The van der Waals surface area contributed by atoms with E-state index in [4.69, 9.17) is 4.74 Å². The standard InChI is InChI=1S/C17H17BrO3/c1-12(19)15-9-14(16(20)10-18)7-8-17(15)21-11-13-5-3-2-4-6-13/h2-9,12,19H,10-11H2,1H3/t12-/m0/s1. The Morgan fingerprint density at radius 3 is 2.57 bits per heavy atom. The molecule has 0 aliphatic rings. The number of ether oxygens (including phenoxy) is 1. The van der Waals surface area contributed by atoms with Crippen molar-refractivity contribution >= 4 is 21.7 Å². The first-order valence-electron chi connectivity index (χ1n) is 6.69. The van der Waals surface area contributed by atoms with Gasteiger partial charge in [-0.25, -0.2) is 0 Å². The van der Waals surface area contributed by atoms with Crippen LogP contribution in [0.2, 0.25) is 0 Å². The lowest BCUT2D eigenvalue weighted by Gasteiger charge is -2.14. The number of hydrogen-bond donors (Lipinski definition) is 1. The SMILES string of the molecule is C[C@H](O)c1cc(C(=O)CBr)ccc1OCc1ccccc1. The van der Waals surface area contributed by atoms with Crippen LogP contribution in [-0.4, -0.2) is 16.2 Å². The van der Waals surface area contributed by atoms with Crippen LogP contribution in [0.1, 0.15) is 34.5 Å². The topological polar surface area (TPSA) is 46.5 Å². The zero-order valence-electron chi connectivity index (χ0n) is 11.8. The second-order valence-electron chi connectivity index (χ2n) is 4.76. The van der Waals surface area contributed by atoms with Crippen molar-refractivity contribution in [2.24, 2.45) is 0 Å². The highest BCUT2D eigenvalue weighted by molar-refractivity contribution is 9.09. The molecule has 0 amide bonds. The van der Waals surface area contributed by atoms with E-state index in [1.165, 1.54) is 0 Å². The van der Waals surface area contributed by atoms with Crippen LogP contribution in [0, 0.1) is 0 Å². The van der Waals surface area contributed by atoms with Gasteiger partial charge in [-0.3, -0.25) is 4.79 Å². The Balaban J connectivity index is 2.20. The van der Waals surface area contributed by atoms with Gasteiger partial charge in [0.15, 0.2) is 5.78 Å². The number of Topliss-reactive ketones (excluding diaryl/α,β-unsaturated/α-hetero) is 1. The Morgan fingerprint density at radius 1 is 1.24 bits per heavy atom. The van der Waals surface area contributed by atoms with Crippen LogP contribution in [0.5, 0.6) is 5.75 Å². The van der Waals surface area contributed by atoms with Crippen LogP contribution in [0.3, 0.4) is 0 Å². The van der Waals surface area contributed by atoms with Crippen LogP contribution >= 0.6 is 15.9 Å². The van der Waals surface area contributed by atoms with Crippen molar-refractivity contribution in [2.75, 3.05) is 5.33 Å². The molecule has 0 radical (unpaired) electrons. The number of carbonyl (C=O) groups excluding carboxylic acids is 1. The normalized spacial score (nSPS) is 12.0. The lowest BCUT2D eigenvalue weighted by Crippen LogP contribution is -2.05. The number of carbonyl (C=O) groups is 1. The Hall–Kier alpha value is -1.65. The number of benzene rings is 2. The molecule has 4 heteroatoms. The zero-order chi connectivity index (χ0) is 15.2. The molecule has 1 atom stereocenters. The van der Waals surface area contributed by atoms with Gasteiger partial charge in [0.25, 0.3) is 0 Å². The first-order valence-corrected chi connectivity index (χ1v) is 7.82. The number of hydrogen-bond acceptors (Lipinski definition) is 3. The molecule has 3 nitrogen and oxygen atoms in total. The van der Waals surface area contributed by atoms with E-state index in [-0.39, 0.29) is 11.1 Å². The molecule has 2 rings (SSSR count). The summed E-state index contributed by atoms with van der Waals surface area (Å²) < 4.78 is 5.77. The van der Waals surface area contributed by atoms with Crippen molar-refractivity contribution in [3.8, 4) is 5.75 Å². The van der Waals surface area contributed by atoms with Gasteiger partial charge in [-0.15, -0.1) is 0 Å². The molecule has 0 aliphatic heterocycles. The van der Waals surface area contributed by atoms with Crippen molar-refractivity contribution in [3.63, 3.8) is 0 Å². The summed E-state index contributed by atoms with van der Waals surface area (Å²) in [6.45, 7) is 2.08. The summed E-state index contributed by atoms with van der Waals surface area (Å²) in [6.07, 6.45) is -0.696. The Morgan fingerprint density at radius 2 is 1.95 bits per heavy atom. The molecule has 0 aromatic heterocycles. The number of ketones is 1. The first kappa shape index (κ1) is 15.7. The summed E-state index contributed by atoms with van der Waals surface area (Å²) >= 11 is 3.15. The third kappa shape index (κ3) is 4.16. The van der Waals surface area contributed by atoms with Gasteiger partial charge in [0, 0.05) is 11.1 Å². The van der Waals surface area contributed by atoms with E-state index >= 15 is 0 Å². The maximum Gasteiger partial charge on any atom is 0.173 e. The van der Waals surface area contributed by atoms with Crippen LogP contribution < -0.4 is 4.74 Å². The Bertz CT molecular complexity index is 609. The summed E-state index contributed by atoms with van der Waals surface area (Å²) in [5.74, 6) is 0.575. The van der Waals surface area contributed by atoms with Gasteiger partial charge in [0.1, 0.15) is 12.4 Å². The summed E-state index contributed by atoms with van der Waals surface area (Å²) in [5.41, 5.74) is 2.24. The maximum atomic E-state index is 11.7. The maximum absolute atomic E-state index is 11.7. The van der Waals surface area contributed by atoms with E-state index in [0.29, 0.717) is 23.5 Å². The van der Waals surface area contributed by atoms with E-state index in [2.05, 4.69) is 15.9 Å². The second kappa shape index (κ2) is 7.38. The zero-order valence-corrected chi connectivity index (χ0v) is 13.3. The minimum atomic E-state index is -0.696. The Labute approximate surface area is 132 Å². The average Bonchev–Trinajstić information content (AvgIpc) is 2.52. The molecular formula is C17H17BrO3. The fourth-order valence-electron chi connectivity index (χ4n) is 1.99. The minimum Gasteiger partial charge on any atom is -0.489 e. The molecule has 2 aromatic carbocycles. The van der Waals surface area contributed by atoms with Gasteiger partial charge < -0.3 is 9.84 Å². The van der Waals surface area contributed by atoms with Crippen molar-refractivity contribution in [1.29, 1.82) is 0 Å². The minimum absolute atomic E-state index is 0.0218. The third-order valence-corrected chi connectivity index (χ3v) is 3.65. The molecule has 0 spiro atoms. The highest BCUT2D eigenvalue weighted by Gasteiger charge is 2.13. The predicted molar refractivity (Wildman–Crippen MR) is 86.0 cm³/mol. The van der Waals surface area contributed by atoms with Crippen molar-refractivity contribution in [3.05, 3.63) is 65.2 Å². The van der Waals surface area contributed by atoms with Gasteiger partial charge in [-0.05, 0) is 30.7 Å². The van der Waals surface area contributed by atoms with E-state index in [9.17, 15) is 9.90 Å². The van der Waals surface area contributed by atoms with E-state index < -0.39 is 6.10 Å². The fourth-order valence-corrected chi connectivity index (χ4v) is 2.32. The second-order valence-corrected chi connectivity index (χ2v) is 5.32. The number of halogens is 1. The summed E-state index contributed by atoms with van der Waals surface area (Å²) in [7, 11) is 0. The number of aliphatic hydroxyl groups excluding tert-OH is 1. The lowest BCUT2D eigenvalue weighted by molar-refractivity contribution is 0.102. The largest absolute Gasteiger partial charge is 0.489 e. The molecule has 0 saturated heterocycles. The Kier molecular flexibility index (Phi) is 5.53. The van der Waals surface area contributed by atoms with Crippen molar-refractivity contribution < 1.29 is 14.6 Å². The number of aliphatic hydroxyl groups is 1. The molecule has 0 fully saturated rings. The van der Waals surface area contributed by atoms with Gasteiger partial charge in [0.05, 0.1) is 11.4 Å². The average molecular weight is 349 g/mol. The molecule has 0 aliphatic carbocycles. The van der Waals surface area contributed by atoms with Crippen LogP contribution in [0.4, 0.5) is 0 Å². The lowest BCUT2D eigenvalue weighted by atomic mass is 10.0. The molecular weight excluding hydrogens is 332 g/mol. The molecule has 1 N–H and O–H groups in total. The highest BCUT2D eigenvalue weighted by Crippen LogP contribution is 2.27. The van der Waals surface area contributed by atoms with Gasteiger partial charge in [-0.2, -0.15) is 0 Å². The molecule has 21 heavy (non-hydrogen) atoms. The molecule has 0 bridgehead atoms. The number of alkyl halides is 1. The number of rotatable bonds is 6. The monoisotopic (exact) mass is 348 g/mol. The van der Waals surface area contributed by atoms with Crippen molar-refractivity contribution in [1.82, 2.24) is 0 Å². The van der Waals surface area contributed by atoms with Gasteiger partial charge in [-0.1, -0.05) is 46.3 Å². The third-order valence-electron chi connectivity index (χ3n) is 3.14. The van der Waals surface area contributed by atoms with E-state index in [0.717, 1.165) is 5.56 Å². The summed E-state index contributed by atoms with van der Waals surface area (Å²) in [6, 6.07) is 14.9. The summed E-state index contributed by atoms with van der Waals surface area (Å²) in [4.78, 5) is 11.7. The van der Waals surface area contributed by atoms with Crippen LogP contribution in [-0.2, 0) is 6.61 Å². The van der Waals surface area contributed by atoms with Crippen LogP contribution in [0.25, 0.3) is 0 Å². The van der Waals surface area contributed by atoms with Gasteiger partial charge in [0.2, 0.25) is 0 Å². The summed E-state index contributed by atoms with van der Waals surface area (Å²) in [5, 5.41) is 10.1. The first-order chi connectivity index (χ1) is 10.1. The van der Waals surface area contributed by atoms with Gasteiger partial charge >= 0.3 is 0 Å². The van der Waals surface area contributed by atoms with Crippen LogP contribution in [0.15, 0.2) is 48.5 Å². The molecule has 0 unspecified atom stereocenters. The quantitative estimate of drug-likeness (QED) is 0.636. The molecule has 110 valence electrons. The van der Waals surface area contributed by atoms with Crippen molar-refractivity contribution in [2.45, 2.75) is 19.6 Å². The highest BCUT2D eigenvalue weighted by atomic mass is 79.9. The smallest absolute Gasteiger partial charge is 0.173 e. The fraction of sp³-hybridized carbons (Fsp3) is 0.235. The molecule has 0 heterocycles. The molecule has 2 aromatic rings.